The largest absolute Gasteiger partial charge is 0.349 e. The van der Waals surface area contributed by atoms with Crippen LogP contribution in [0.15, 0.2) is 60.0 Å². The minimum atomic E-state index is -0.362. The van der Waals surface area contributed by atoms with Crippen molar-refractivity contribution in [2.75, 3.05) is 11.9 Å². The molecule has 0 spiro atoms. The number of rotatable bonds is 9. The van der Waals surface area contributed by atoms with Crippen molar-refractivity contribution in [3.63, 3.8) is 0 Å². The van der Waals surface area contributed by atoms with Gasteiger partial charge in [0.2, 0.25) is 11.8 Å². The van der Waals surface area contributed by atoms with Crippen LogP contribution in [0.5, 0.6) is 0 Å². The number of hydrogen-bond acceptors (Lipinski definition) is 5. The van der Waals surface area contributed by atoms with Gasteiger partial charge in [0, 0.05) is 22.0 Å². The van der Waals surface area contributed by atoms with Crippen molar-refractivity contribution in [3.8, 4) is 0 Å². The number of carbonyl (C=O) groups excluding carboxylic acids is 3. The zero-order chi connectivity index (χ0) is 24.7. The van der Waals surface area contributed by atoms with Crippen molar-refractivity contribution in [3.05, 3.63) is 81.8 Å². The molecule has 34 heavy (non-hydrogen) atoms. The van der Waals surface area contributed by atoms with Crippen LogP contribution in [0, 0.1) is 0 Å². The molecule has 9 heteroatoms. The summed E-state index contributed by atoms with van der Waals surface area (Å²) in [7, 11) is 0. The molecule has 2 N–H and O–H groups in total. The average molecular weight is 499 g/mol. The molecule has 0 saturated heterocycles. The predicted molar refractivity (Wildman–Crippen MR) is 135 cm³/mol. The number of carbonyl (C=O) groups is 3. The van der Waals surface area contributed by atoms with Crippen molar-refractivity contribution < 1.29 is 14.4 Å². The highest BCUT2D eigenvalue weighted by atomic mass is 35.5. The molecule has 0 bridgehead atoms. The van der Waals surface area contributed by atoms with Gasteiger partial charge in [-0.05, 0) is 50.6 Å². The van der Waals surface area contributed by atoms with Gasteiger partial charge in [-0.3, -0.25) is 14.4 Å². The lowest BCUT2D eigenvalue weighted by atomic mass is 10.1. The first-order valence-corrected chi connectivity index (χ1v) is 12.1. The highest BCUT2D eigenvalue weighted by Gasteiger charge is 2.22. The van der Waals surface area contributed by atoms with Gasteiger partial charge in [-0.15, -0.1) is 11.3 Å². The molecule has 1 aromatic heterocycles. The fraction of sp³-hybridized carbons (Fsp3) is 0.280. The van der Waals surface area contributed by atoms with Crippen LogP contribution in [0.25, 0.3) is 0 Å². The van der Waals surface area contributed by atoms with E-state index >= 15 is 0 Å². The summed E-state index contributed by atoms with van der Waals surface area (Å²) in [5.41, 5.74) is 2.04. The van der Waals surface area contributed by atoms with Gasteiger partial charge < -0.3 is 15.5 Å². The quantitative estimate of drug-likeness (QED) is 0.447. The van der Waals surface area contributed by atoms with Crippen LogP contribution in [0.4, 0.5) is 5.13 Å². The van der Waals surface area contributed by atoms with E-state index in [1.54, 1.807) is 29.6 Å². The third-order valence-corrected chi connectivity index (χ3v) is 6.16. The summed E-state index contributed by atoms with van der Waals surface area (Å²) in [4.78, 5) is 43.7. The van der Waals surface area contributed by atoms with Crippen LogP contribution in [0.2, 0.25) is 5.02 Å². The Kier molecular flexibility index (Phi) is 8.79. The molecule has 7 nitrogen and oxygen atoms in total. The third kappa shape index (κ3) is 7.13. The summed E-state index contributed by atoms with van der Waals surface area (Å²) in [6, 6.07) is 15.9. The zero-order valence-corrected chi connectivity index (χ0v) is 20.8. The van der Waals surface area contributed by atoms with Crippen molar-refractivity contribution >= 4 is 45.8 Å². The number of halogens is 1. The maximum Gasteiger partial charge on any atom is 0.254 e. The summed E-state index contributed by atoms with van der Waals surface area (Å²) in [6.07, 6.45) is 0.108. The fourth-order valence-electron chi connectivity index (χ4n) is 3.29. The van der Waals surface area contributed by atoms with Gasteiger partial charge in [0.1, 0.15) is 6.54 Å². The van der Waals surface area contributed by atoms with Gasteiger partial charge in [-0.1, -0.05) is 41.9 Å². The molecule has 0 aliphatic heterocycles. The summed E-state index contributed by atoms with van der Waals surface area (Å²) >= 11 is 7.14. The first kappa shape index (κ1) is 25.4. The Morgan fingerprint density at radius 2 is 1.68 bits per heavy atom. The van der Waals surface area contributed by atoms with E-state index in [2.05, 4.69) is 15.6 Å². The highest BCUT2D eigenvalue weighted by Crippen LogP contribution is 2.18. The summed E-state index contributed by atoms with van der Waals surface area (Å²) in [6.45, 7) is 5.49. The van der Waals surface area contributed by atoms with E-state index in [0.717, 1.165) is 5.56 Å². The van der Waals surface area contributed by atoms with Gasteiger partial charge in [-0.25, -0.2) is 4.98 Å². The van der Waals surface area contributed by atoms with Crippen molar-refractivity contribution in [2.45, 2.75) is 39.3 Å². The monoisotopic (exact) mass is 498 g/mol. The molecular weight excluding hydrogens is 472 g/mol. The second-order valence-corrected chi connectivity index (χ2v) is 9.40. The third-order valence-electron chi connectivity index (χ3n) is 5.11. The molecule has 0 radical (unpaired) electrons. The fourth-order valence-corrected chi connectivity index (χ4v) is 4.14. The van der Waals surface area contributed by atoms with Gasteiger partial charge >= 0.3 is 0 Å². The number of benzene rings is 2. The molecule has 178 valence electrons. The number of aromatic nitrogens is 1. The maximum absolute atomic E-state index is 12.8. The second kappa shape index (κ2) is 11.8. The van der Waals surface area contributed by atoms with Crippen LogP contribution in [0.1, 0.15) is 48.4 Å². The summed E-state index contributed by atoms with van der Waals surface area (Å²) in [5.74, 6) is -0.774. The van der Waals surface area contributed by atoms with Gasteiger partial charge in [0.05, 0.1) is 18.2 Å². The Morgan fingerprint density at radius 1 is 1.00 bits per heavy atom. The van der Waals surface area contributed by atoms with Crippen LogP contribution in [0.3, 0.4) is 0 Å². The van der Waals surface area contributed by atoms with Gasteiger partial charge in [0.25, 0.3) is 5.91 Å². The van der Waals surface area contributed by atoms with E-state index < -0.39 is 0 Å². The lowest BCUT2D eigenvalue weighted by Crippen LogP contribution is -2.42. The van der Waals surface area contributed by atoms with E-state index in [-0.39, 0.29) is 42.8 Å². The minimum Gasteiger partial charge on any atom is -0.349 e. The Bertz CT molecular complexity index is 1130. The number of nitrogens with zero attached hydrogens (tertiary/aromatic N) is 2. The molecule has 0 aliphatic carbocycles. The average Bonchev–Trinajstić information content (AvgIpc) is 3.24. The minimum absolute atomic E-state index is 0.108. The number of thiazole rings is 1. The molecule has 1 heterocycles. The van der Waals surface area contributed by atoms with E-state index in [1.807, 2.05) is 51.1 Å². The zero-order valence-electron chi connectivity index (χ0n) is 19.2. The van der Waals surface area contributed by atoms with E-state index in [9.17, 15) is 14.4 Å². The molecule has 3 amide bonds. The molecule has 0 saturated carbocycles. The molecule has 3 aromatic rings. The molecular formula is C25H27ClN4O3S. The second-order valence-electron chi connectivity index (χ2n) is 8.10. The number of amides is 3. The van der Waals surface area contributed by atoms with Crippen LogP contribution >= 0.6 is 22.9 Å². The summed E-state index contributed by atoms with van der Waals surface area (Å²) < 4.78 is 0. The van der Waals surface area contributed by atoms with Gasteiger partial charge in [-0.2, -0.15) is 0 Å². The van der Waals surface area contributed by atoms with E-state index in [1.165, 1.54) is 16.2 Å². The van der Waals surface area contributed by atoms with E-state index in [4.69, 9.17) is 11.6 Å². The highest BCUT2D eigenvalue weighted by molar-refractivity contribution is 7.13. The Labute approximate surface area is 208 Å². The molecule has 3 rings (SSSR count). The number of nitrogens with one attached hydrogen (secondary N) is 2. The molecule has 0 aliphatic rings. The van der Waals surface area contributed by atoms with Crippen LogP contribution in [-0.4, -0.2) is 40.2 Å². The molecule has 1 unspecified atom stereocenters. The topological polar surface area (TPSA) is 91.4 Å². The Balaban J connectivity index is 1.55. The lowest BCUT2D eigenvalue weighted by Gasteiger charge is -2.26. The van der Waals surface area contributed by atoms with Crippen molar-refractivity contribution in [1.82, 2.24) is 15.2 Å². The number of hydrogen-bond donors (Lipinski definition) is 2. The number of anilines is 1. The molecule has 0 fully saturated rings. The van der Waals surface area contributed by atoms with Crippen LogP contribution < -0.4 is 10.6 Å². The van der Waals surface area contributed by atoms with Crippen LogP contribution in [-0.2, 0) is 16.0 Å². The predicted octanol–water partition coefficient (Wildman–Crippen LogP) is 4.71. The summed E-state index contributed by atoms with van der Waals surface area (Å²) in [5, 5.41) is 8.33. The molecule has 2 aromatic carbocycles. The van der Waals surface area contributed by atoms with Crippen molar-refractivity contribution in [2.24, 2.45) is 0 Å². The first-order valence-electron chi connectivity index (χ1n) is 10.9. The Hall–Kier alpha value is -3.23. The lowest BCUT2D eigenvalue weighted by molar-refractivity contribution is -0.121. The SMILES string of the molecule is CC(NC(=O)Cc1csc(NC(=O)CN(C(=O)c2ccc(Cl)cc2)C(C)C)n1)c1ccccc1. The first-order chi connectivity index (χ1) is 16.2. The molecule has 1 atom stereocenters. The van der Waals surface area contributed by atoms with Crippen molar-refractivity contribution in [1.29, 1.82) is 0 Å². The maximum atomic E-state index is 12.8. The van der Waals surface area contributed by atoms with Gasteiger partial charge in [0.15, 0.2) is 5.13 Å². The standard InChI is InChI=1S/C25H27ClN4O3S/c1-16(2)30(24(33)19-9-11-20(26)12-10-19)14-23(32)29-25-28-21(15-34-25)13-22(31)27-17(3)18-7-5-4-6-8-18/h4-12,15-17H,13-14H2,1-3H3,(H,27,31)(H,28,29,32). The van der Waals surface area contributed by atoms with E-state index in [0.29, 0.717) is 21.4 Å². The smallest absolute Gasteiger partial charge is 0.254 e. The Morgan fingerprint density at radius 3 is 2.32 bits per heavy atom. The normalized spacial score (nSPS) is 11.7.